The number of nitrogens with two attached hydrogens (primary N) is 1. The molecule has 22 heavy (non-hydrogen) atoms. The van der Waals surface area contributed by atoms with Crippen LogP contribution in [0.15, 0.2) is 0 Å². The van der Waals surface area contributed by atoms with E-state index in [1.165, 1.54) is 32.1 Å². The lowest BCUT2D eigenvalue weighted by atomic mass is 9.87. The van der Waals surface area contributed by atoms with Gasteiger partial charge in [-0.3, -0.25) is 0 Å². The Balaban J connectivity index is 1.83. The molecule has 2 fully saturated rings. The molecule has 2 amide bonds. The zero-order valence-corrected chi connectivity index (χ0v) is 14.0. The van der Waals surface area contributed by atoms with E-state index in [4.69, 9.17) is 5.73 Å². The van der Waals surface area contributed by atoms with Crippen LogP contribution >= 0.6 is 0 Å². The summed E-state index contributed by atoms with van der Waals surface area (Å²) in [4.78, 5) is 13.3. The molecule has 5 nitrogen and oxygen atoms in total. The first-order valence-corrected chi connectivity index (χ1v) is 9.04. The van der Waals surface area contributed by atoms with Gasteiger partial charge in [0.25, 0.3) is 0 Å². The number of hydrogen-bond acceptors (Lipinski definition) is 3. The molecule has 1 aliphatic carbocycles. The van der Waals surface area contributed by atoms with Crippen molar-refractivity contribution in [3.05, 3.63) is 0 Å². The first-order valence-electron chi connectivity index (χ1n) is 9.04. The second-order valence-electron chi connectivity index (χ2n) is 7.25. The molecule has 0 aromatic heterocycles. The molecule has 3 unspecified atom stereocenters. The number of aliphatic hydroxyl groups is 1. The highest BCUT2D eigenvalue weighted by Gasteiger charge is 2.30. The number of aliphatic hydroxyl groups excluding tert-OH is 1. The molecule has 0 aromatic carbocycles. The molecule has 1 aliphatic heterocycles. The lowest BCUT2D eigenvalue weighted by Gasteiger charge is -2.38. The molecule has 1 saturated heterocycles. The second-order valence-corrected chi connectivity index (χ2v) is 7.25. The van der Waals surface area contributed by atoms with Gasteiger partial charge in [-0.25, -0.2) is 4.79 Å². The standard InChI is InChI=1S/C17H33N3O2/c1-2-16(21)9-14-8-15(12-20(11-14)17(18)22)19-10-13-6-4-3-5-7-13/h13-16,19,21H,2-12H2,1H3,(H2,18,22). The Hall–Kier alpha value is -0.810. The minimum Gasteiger partial charge on any atom is -0.393 e. The fourth-order valence-corrected chi connectivity index (χ4v) is 3.98. The predicted molar refractivity (Wildman–Crippen MR) is 88.5 cm³/mol. The van der Waals surface area contributed by atoms with Gasteiger partial charge in [0.2, 0.25) is 0 Å². The number of hydrogen-bond donors (Lipinski definition) is 3. The third kappa shape index (κ3) is 5.43. The van der Waals surface area contributed by atoms with E-state index >= 15 is 0 Å². The normalized spacial score (nSPS) is 28.5. The summed E-state index contributed by atoms with van der Waals surface area (Å²) in [6.07, 6.45) is 9.06. The zero-order chi connectivity index (χ0) is 15.9. The van der Waals surface area contributed by atoms with Crippen LogP contribution in [0.2, 0.25) is 0 Å². The number of nitrogens with zero attached hydrogens (tertiary/aromatic N) is 1. The van der Waals surface area contributed by atoms with Crippen molar-refractivity contribution in [2.45, 2.75) is 70.4 Å². The maximum Gasteiger partial charge on any atom is 0.314 e. The summed E-state index contributed by atoms with van der Waals surface area (Å²) in [5.41, 5.74) is 5.49. The molecule has 0 radical (unpaired) electrons. The minimum absolute atomic E-state index is 0.267. The number of carbonyl (C=O) groups is 1. The summed E-state index contributed by atoms with van der Waals surface area (Å²) >= 11 is 0. The van der Waals surface area contributed by atoms with Crippen LogP contribution in [0.1, 0.15) is 58.3 Å². The van der Waals surface area contributed by atoms with Crippen molar-refractivity contribution in [2.24, 2.45) is 17.6 Å². The quantitative estimate of drug-likeness (QED) is 0.703. The molecule has 4 N–H and O–H groups in total. The van der Waals surface area contributed by atoms with Gasteiger partial charge in [0.15, 0.2) is 0 Å². The predicted octanol–water partition coefficient (Wildman–Crippen LogP) is 2.09. The molecule has 5 heteroatoms. The van der Waals surface area contributed by atoms with Crippen molar-refractivity contribution in [1.82, 2.24) is 10.2 Å². The lowest BCUT2D eigenvalue weighted by molar-refractivity contribution is 0.0943. The number of urea groups is 1. The van der Waals surface area contributed by atoms with Crippen LogP contribution in [0, 0.1) is 11.8 Å². The molecule has 2 aliphatic rings. The van der Waals surface area contributed by atoms with Gasteiger partial charge < -0.3 is 21.1 Å². The summed E-state index contributed by atoms with van der Waals surface area (Å²) in [6, 6.07) is -0.0163. The van der Waals surface area contributed by atoms with Gasteiger partial charge in [0.05, 0.1) is 6.10 Å². The molecule has 3 atom stereocenters. The average Bonchev–Trinajstić information content (AvgIpc) is 2.53. The number of piperidine rings is 1. The van der Waals surface area contributed by atoms with E-state index in [9.17, 15) is 9.90 Å². The largest absolute Gasteiger partial charge is 0.393 e. The molecule has 128 valence electrons. The molecule has 0 spiro atoms. The van der Waals surface area contributed by atoms with E-state index in [2.05, 4.69) is 5.32 Å². The summed E-state index contributed by atoms with van der Waals surface area (Å²) < 4.78 is 0. The molecular formula is C17H33N3O2. The highest BCUT2D eigenvalue weighted by molar-refractivity contribution is 5.72. The number of amides is 2. The highest BCUT2D eigenvalue weighted by Crippen LogP contribution is 2.25. The monoisotopic (exact) mass is 311 g/mol. The van der Waals surface area contributed by atoms with Crippen LogP contribution in [0.5, 0.6) is 0 Å². The Kier molecular flexibility index (Phi) is 6.96. The number of primary amides is 1. The highest BCUT2D eigenvalue weighted by atomic mass is 16.3. The third-order valence-corrected chi connectivity index (χ3v) is 5.35. The summed E-state index contributed by atoms with van der Waals surface area (Å²) in [5.74, 6) is 1.14. The van der Waals surface area contributed by atoms with Crippen LogP contribution in [-0.2, 0) is 0 Å². The summed E-state index contributed by atoms with van der Waals surface area (Å²) in [6.45, 7) is 4.45. The van der Waals surface area contributed by atoms with Crippen molar-refractivity contribution < 1.29 is 9.90 Å². The van der Waals surface area contributed by atoms with Gasteiger partial charge in [-0.2, -0.15) is 0 Å². The molecule has 0 bridgehead atoms. The number of rotatable bonds is 6. The van der Waals surface area contributed by atoms with Crippen LogP contribution < -0.4 is 11.1 Å². The number of carbonyl (C=O) groups excluding carboxylic acids is 1. The Morgan fingerprint density at radius 3 is 2.64 bits per heavy atom. The summed E-state index contributed by atoms with van der Waals surface area (Å²) in [5, 5.41) is 13.6. The lowest BCUT2D eigenvalue weighted by Crippen LogP contribution is -2.53. The smallest absolute Gasteiger partial charge is 0.314 e. The fraction of sp³-hybridized carbons (Fsp3) is 0.941. The Morgan fingerprint density at radius 1 is 1.27 bits per heavy atom. The van der Waals surface area contributed by atoms with E-state index in [1.54, 1.807) is 4.90 Å². The van der Waals surface area contributed by atoms with Gasteiger partial charge in [-0.15, -0.1) is 0 Å². The second kappa shape index (κ2) is 8.73. The van der Waals surface area contributed by atoms with E-state index in [0.29, 0.717) is 25.0 Å². The first-order chi connectivity index (χ1) is 10.6. The van der Waals surface area contributed by atoms with E-state index in [0.717, 1.165) is 31.7 Å². The molecule has 1 saturated carbocycles. The van der Waals surface area contributed by atoms with Crippen LogP contribution in [-0.4, -0.2) is 47.8 Å². The van der Waals surface area contributed by atoms with Crippen molar-refractivity contribution >= 4 is 6.03 Å². The molecule has 1 heterocycles. The average molecular weight is 311 g/mol. The van der Waals surface area contributed by atoms with Crippen molar-refractivity contribution in [1.29, 1.82) is 0 Å². The summed E-state index contributed by atoms with van der Waals surface area (Å²) in [7, 11) is 0. The van der Waals surface area contributed by atoms with E-state index in [1.807, 2.05) is 6.92 Å². The first kappa shape index (κ1) is 17.5. The van der Waals surface area contributed by atoms with E-state index in [-0.39, 0.29) is 12.1 Å². The van der Waals surface area contributed by atoms with Crippen LogP contribution in [0.4, 0.5) is 4.79 Å². The molecule has 0 aromatic rings. The zero-order valence-electron chi connectivity index (χ0n) is 14.0. The fourth-order valence-electron chi connectivity index (χ4n) is 3.98. The number of nitrogens with one attached hydrogen (secondary N) is 1. The maximum atomic E-state index is 11.6. The number of likely N-dealkylation sites (tertiary alicyclic amines) is 1. The SMILES string of the molecule is CCC(O)CC1CC(NCC2CCCCC2)CN(C(N)=O)C1. The Bertz CT molecular complexity index is 345. The Morgan fingerprint density at radius 2 is 2.00 bits per heavy atom. The van der Waals surface area contributed by atoms with Crippen LogP contribution in [0.3, 0.4) is 0 Å². The van der Waals surface area contributed by atoms with E-state index < -0.39 is 0 Å². The van der Waals surface area contributed by atoms with Gasteiger partial charge >= 0.3 is 6.03 Å². The molecular weight excluding hydrogens is 278 g/mol. The Labute approximate surface area is 134 Å². The van der Waals surface area contributed by atoms with Crippen molar-refractivity contribution in [3.63, 3.8) is 0 Å². The molecule has 2 rings (SSSR count). The van der Waals surface area contributed by atoms with Gasteiger partial charge in [0, 0.05) is 19.1 Å². The van der Waals surface area contributed by atoms with Gasteiger partial charge in [-0.1, -0.05) is 26.2 Å². The third-order valence-electron chi connectivity index (χ3n) is 5.35. The van der Waals surface area contributed by atoms with Crippen LogP contribution in [0.25, 0.3) is 0 Å². The van der Waals surface area contributed by atoms with Gasteiger partial charge in [0.1, 0.15) is 0 Å². The topological polar surface area (TPSA) is 78.6 Å². The minimum atomic E-state index is -0.333. The van der Waals surface area contributed by atoms with Crippen molar-refractivity contribution in [3.8, 4) is 0 Å². The maximum absolute atomic E-state index is 11.6. The van der Waals surface area contributed by atoms with Crippen molar-refractivity contribution in [2.75, 3.05) is 19.6 Å². The van der Waals surface area contributed by atoms with Gasteiger partial charge in [-0.05, 0) is 50.5 Å².